The minimum Gasteiger partial charge on any atom is -0.348 e. The van der Waals surface area contributed by atoms with Gasteiger partial charge in [-0.2, -0.15) is 0 Å². The van der Waals surface area contributed by atoms with Crippen molar-refractivity contribution < 1.29 is 0 Å². The zero-order valence-corrected chi connectivity index (χ0v) is 10.3. The van der Waals surface area contributed by atoms with Gasteiger partial charge < -0.3 is 13.4 Å². The second kappa shape index (κ2) is 5.49. The Kier molecular flexibility index (Phi) is 4.58. The predicted molar refractivity (Wildman–Crippen MR) is 65.1 cm³/mol. The summed E-state index contributed by atoms with van der Waals surface area (Å²) in [4.78, 5) is 0. The maximum Gasteiger partial charge on any atom is 0.0610 e. The van der Waals surface area contributed by atoms with Crippen LogP contribution < -0.4 is 8.85 Å². The Balaban J connectivity index is 2.71. The molecule has 0 aliphatic heterocycles. The lowest BCUT2D eigenvalue weighted by Crippen LogP contribution is -2.14. The summed E-state index contributed by atoms with van der Waals surface area (Å²) in [5.41, 5.74) is 2.51. The number of nitrogens with zero attached hydrogens (tertiary/aromatic N) is 1. The fraction of sp³-hybridized carbons (Fsp3) is 0.556. The highest BCUT2D eigenvalue weighted by molar-refractivity contribution is 14.1. The second-order valence-electron chi connectivity index (χ2n) is 2.88. The van der Waals surface area contributed by atoms with E-state index in [1.54, 1.807) is 0 Å². The molecule has 13 heavy (non-hydrogen) atoms. The van der Waals surface area contributed by atoms with E-state index in [4.69, 9.17) is 0 Å². The Morgan fingerprint density at radius 1 is 1.46 bits per heavy atom. The van der Waals surface area contributed by atoms with E-state index in [0.29, 0.717) is 0 Å². The molecule has 74 valence electrons. The molecule has 0 unspecified atom stereocenters. The number of nitrogens with one attached hydrogen (secondary N) is 2. The minimum atomic E-state index is 0.947. The topological polar surface area (TPSA) is 29.0 Å². The summed E-state index contributed by atoms with van der Waals surface area (Å²) in [5, 5.41) is 3.33. The van der Waals surface area contributed by atoms with Gasteiger partial charge in [0.2, 0.25) is 0 Å². The van der Waals surface area contributed by atoms with Crippen molar-refractivity contribution in [3.05, 3.63) is 18.0 Å². The summed E-state index contributed by atoms with van der Waals surface area (Å²) in [5.74, 6) is 0. The smallest absolute Gasteiger partial charge is 0.0610 e. The van der Waals surface area contributed by atoms with E-state index < -0.39 is 0 Å². The fourth-order valence-electron chi connectivity index (χ4n) is 1.30. The molecule has 0 radical (unpaired) electrons. The molecule has 0 aliphatic carbocycles. The van der Waals surface area contributed by atoms with Gasteiger partial charge in [0.1, 0.15) is 0 Å². The summed E-state index contributed by atoms with van der Waals surface area (Å²) in [7, 11) is 0. The van der Waals surface area contributed by atoms with Crippen LogP contribution in [0.5, 0.6) is 0 Å². The lowest BCUT2D eigenvalue weighted by Gasteiger charge is -2.05. The molecule has 0 bridgehead atoms. The van der Waals surface area contributed by atoms with Gasteiger partial charge in [0, 0.05) is 25.0 Å². The second-order valence-corrected chi connectivity index (χ2v) is 3.42. The molecule has 4 heteroatoms. The first-order chi connectivity index (χ1) is 6.31. The number of rotatable bonds is 5. The van der Waals surface area contributed by atoms with Crippen molar-refractivity contribution in [3.63, 3.8) is 0 Å². The Labute approximate surface area is 93.4 Å². The van der Waals surface area contributed by atoms with Gasteiger partial charge in [0.05, 0.1) is 28.6 Å². The van der Waals surface area contributed by atoms with Crippen molar-refractivity contribution in [2.24, 2.45) is 0 Å². The van der Waals surface area contributed by atoms with Crippen LogP contribution >= 0.6 is 22.9 Å². The van der Waals surface area contributed by atoms with Crippen LogP contribution in [0.2, 0.25) is 0 Å². The van der Waals surface area contributed by atoms with Crippen LogP contribution in [0.1, 0.15) is 19.5 Å². The highest BCUT2D eigenvalue weighted by Gasteiger charge is 2.02. The first-order valence-electron chi connectivity index (χ1n) is 4.58. The van der Waals surface area contributed by atoms with Crippen LogP contribution in [0.4, 0.5) is 5.69 Å². The third-order valence-electron chi connectivity index (χ3n) is 1.99. The third-order valence-corrected chi connectivity index (χ3v) is 2.61. The van der Waals surface area contributed by atoms with Crippen LogP contribution in [0.3, 0.4) is 0 Å². The van der Waals surface area contributed by atoms with E-state index in [1.807, 2.05) is 0 Å². The quantitative estimate of drug-likeness (QED) is 0.644. The van der Waals surface area contributed by atoms with Crippen molar-refractivity contribution in [1.29, 1.82) is 0 Å². The lowest BCUT2D eigenvalue weighted by atomic mass is 10.4. The van der Waals surface area contributed by atoms with Crippen LogP contribution in [0, 0.1) is 0 Å². The van der Waals surface area contributed by atoms with E-state index in [0.717, 1.165) is 19.6 Å². The molecule has 1 aromatic heterocycles. The molecule has 0 atom stereocenters. The zero-order chi connectivity index (χ0) is 9.68. The van der Waals surface area contributed by atoms with E-state index in [1.165, 1.54) is 11.4 Å². The molecule has 0 saturated heterocycles. The van der Waals surface area contributed by atoms with Gasteiger partial charge in [-0.15, -0.1) is 0 Å². The maximum atomic E-state index is 3.33. The molecule has 0 saturated carbocycles. The lowest BCUT2D eigenvalue weighted by molar-refractivity contribution is 0.646. The molecule has 3 nitrogen and oxygen atoms in total. The fourth-order valence-corrected chi connectivity index (χ4v) is 1.60. The van der Waals surface area contributed by atoms with Crippen molar-refractivity contribution in [1.82, 2.24) is 9.88 Å². The molecule has 0 aromatic carbocycles. The van der Waals surface area contributed by atoms with Gasteiger partial charge in [-0.3, -0.25) is 0 Å². The summed E-state index contributed by atoms with van der Waals surface area (Å²) >= 11 is 2.15. The van der Waals surface area contributed by atoms with Crippen molar-refractivity contribution in [3.8, 4) is 0 Å². The number of hydrogen-bond donors (Lipinski definition) is 2. The van der Waals surface area contributed by atoms with E-state index >= 15 is 0 Å². The number of hydrogen-bond acceptors (Lipinski definition) is 2. The standard InChI is InChI=1S/C9H16IN3/c1-3-11-6-9-5-8(12-10)7-13(9)4-2/h5,7,11-12H,3-4,6H2,1-2H3. The highest BCUT2D eigenvalue weighted by Crippen LogP contribution is 2.15. The first kappa shape index (κ1) is 10.8. The molecule has 2 N–H and O–H groups in total. The molecule has 1 heterocycles. The van der Waals surface area contributed by atoms with E-state index in [-0.39, 0.29) is 0 Å². The van der Waals surface area contributed by atoms with Crippen LogP contribution in [0.25, 0.3) is 0 Å². The summed E-state index contributed by atoms with van der Waals surface area (Å²) in [6, 6.07) is 2.18. The Morgan fingerprint density at radius 2 is 2.23 bits per heavy atom. The monoisotopic (exact) mass is 293 g/mol. The number of aryl methyl sites for hydroxylation is 1. The molecule has 0 amide bonds. The van der Waals surface area contributed by atoms with Gasteiger partial charge in [-0.1, -0.05) is 6.92 Å². The number of halogens is 1. The van der Waals surface area contributed by atoms with Crippen molar-refractivity contribution in [2.75, 3.05) is 10.1 Å². The molecule has 0 aliphatic rings. The van der Waals surface area contributed by atoms with Crippen molar-refractivity contribution in [2.45, 2.75) is 26.9 Å². The van der Waals surface area contributed by atoms with Gasteiger partial charge in [-0.05, 0) is 19.5 Å². The summed E-state index contributed by atoms with van der Waals surface area (Å²) in [6.07, 6.45) is 2.14. The predicted octanol–water partition coefficient (Wildman–Crippen LogP) is 2.38. The minimum absolute atomic E-state index is 0.947. The Hall–Kier alpha value is -0.230. The molecule has 1 aromatic rings. The molecule has 0 fully saturated rings. The van der Waals surface area contributed by atoms with Gasteiger partial charge in [-0.25, -0.2) is 0 Å². The SMILES string of the molecule is CCNCc1cc(NI)cn1CC. The normalized spacial score (nSPS) is 10.4. The Morgan fingerprint density at radius 3 is 2.77 bits per heavy atom. The van der Waals surface area contributed by atoms with Crippen LogP contribution in [0.15, 0.2) is 12.3 Å². The van der Waals surface area contributed by atoms with E-state index in [2.05, 4.69) is 62.4 Å². The van der Waals surface area contributed by atoms with Crippen LogP contribution in [-0.4, -0.2) is 11.1 Å². The highest BCUT2D eigenvalue weighted by atomic mass is 127. The van der Waals surface area contributed by atoms with Crippen molar-refractivity contribution >= 4 is 28.6 Å². The first-order valence-corrected chi connectivity index (χ1v) is 5.66. The molecular weight excluding hydrogens is 277 g/mol. The third kappa shape index (κ3) is 2.87. The maximum absolute atomic E-state index is 3.33. The van der Waals surface area contributed by atoms with E-state index in [9.17, 15) is 0 Å². The molecule has 1 rings (SSSR count). The van der Waals surface area contributed by atoms with Gasteiger partial charge >= 0.3 is 0 Å². The number of anilines is 1. The van der Waals surface area contributed by atoms with Crippen LogP contribution in [-0.2, 0) is 13.1 Å². The van der Waals surface area contributed by atoms with Gasteiger partial charge in [0.25, 0.3) is 0 Å². The summed E-state index contributed by atoms with van der Waals surface area (Å²) < 4.78 is 5.37. The largest absolute Gasteiger partial charge is 0.348 e. The zero-order valence-electron chi connectivity index (χ0n) is 8.10. The van der Waals surface area contributed by atoms with Gasteiger partial charge in [0.15, 0.2) is 0 Å². The molecular formula is C9H16IN3. The average molecular weight is 293 g/mol. The average Bonchev–Trinajstić information content (AvgIpc) is 2.57. The number of aromatic nitrogens is 1. The summed E-state index contributed by atoms with van der Waals surface area (Å²) in [6.45, 7) is 7.27. The Bertz CT molecular complexity index is 257. The molecule has 0 spiro atoms.